The minimum Gasteiger partial charge on any atom is -0.398 e. The fraction of sp³-hybridized carbons (Fsp3) is 0.562. The Hall–Kier alpha value is -1.59. The van der Waals surface area contributed by atoms with Crippen LogP contribution in [0.1, 0.15) is 34.3 Å². The van der Waals surface area contributed by atoms with Crippen LogP contribution in [0.5, 0.6) is 0 Å². The first-order valence-electron chi connectivity index (χ1n) is 7.45. The summed E-state index contributed by atoms with van der Waals surface area (Å²) in [7, 11) is 0. The van der Waals surface area contributed by atoms with E-state index in [0.29, 0.717) is 31.0 Å². The standard InChI is InChI=1S/C16H22N2O3/c1-11-8-12(2)14(17)9-13(11)15(19)18-5-3-4-16(10-18)20-6-7-21-16/h8-9H,3-7,10,17H2,1-2H3. The third-order valence-electron chi connectivity index (χ3n) is 4.36. The van der Waals surface area contributed by atoms with Gasteiger partial charge in [-0.15, -0.1) is 0 Å². The van der Waals surface area contributed by atoms with Crippen molar-refractivity contribution in [3.63, 3.8) is 0 Å². The monoisotopic (exact) mass is 290 g/mol. The second kappa shape index (κ2) is 5.31. The zero-order chi connectivity index (χ0) is 15.0. The number of amides is 1. The third kappa shape index (κ3) is 2.63. The lowest BCUT2D eigenvalue weighted by Gasteiger charge is -2.38. The number of piperidine rings is 1. The Morgan fingerprint density at radius 1 is 1.24 bits per heavy atom. The van der Waals surface area contributed by atoms with Crippen molar-refractivity contribution in [1.82, 2.24) is 4.90 Å². The molecule has 2 saturated heterocycles. The van der Waals surface area contributed by atoms with Gasteiger partial charge in [0.15, 0.2) is 5.79 Å². The van der Waals surface area contributed by atoms with E-state index in [-0.39, 0.29) is 5.91 Å². The van der Waals surface area contributed by atoms with Gasteiger partial charge in [-0.05, 0) is 37.5 Å². The number of nitrogen functional groups attached to an aromatic ring is 1. The van der Waals surface area contributed by atoms with Crippen LogP contribution in [0.15, 0.2) is 12.1 Å². The number of rotatable bonds is 1. The van der Waals surface area contributed by atoms with Crippen molar-refractivity contribution in [1.29, 1.82) is 0 Å². The van der Waals surface area contributed by atoms with Crippen LogP contribution in [-0.2, 0) is 9.47 Å². The smallest absolute Gasteiger partial charge is 0.254 e. The van der Waals surface area contributed by atoms with E-state index in [9.17, 15) is 4.79 Å². The van der Waals surface area contributed by atoms with Gasteiger partial charge in [0.1, 0.15) is 0 Å². The van der Waals surface area contributed by atoms with E-state index in [4.69, 9.17) is 15.2 Å². The number of nitrogens with zero attached hydrogens (tertiary/aromatic N) is 1. The molecular formula is C16H22N2O3. The molecule has 0 aliphatic carbocycles. The van der Waals surface area contributed by atoms with Gasteiger partial charge in [0.25, 0.3) is 5.91 Å². The average Bonchev–Trinajstić information content (AvgIpc) is 2.90. The van der Waals surface area contributed by atoms with Crippen LogP contribution in [0.2, 0.25) is 0 Å². The Morgan fingerprint density at radius 2 is 1.95 bits per heavy atom. The lowest BCUT2D eigenvalue weighted by atomic mass is 10.00. The van der Waals surface area contributed by atoms with Crippen molar-refractivity contribution < 1.29 is 14.3 Å². The molecule has 3 rings (SSSR count). The summed E-state index contributed by atoms with van der Waals surface area (Å²) in [5, 5.41) is 0. The van der Waals surface area contributed by atoms with Gasteiger partial charge >= 0.3 is 0 Å². The molecule has 2 heterocycles. The summed E-state index contributed by atoms with van der Waals surface area (Å²) in [6.45, 7) is 6.35. The molecule has 0 aromatic heterocycles. The zero-order valence-corrected chi connectivity index (χ0v) is 12.6. The number of aryl methyl sites for hydroxylation is 2. The Kier molecular flexibility index (Phi) is 3.63. The molecule has 1 aromatic carbocycles. The van der Waals surface area contributed by atoms with Crippen molar-refractivity contribution in [2.45, 2.75) is 32.5 Å². The van der Waals surface area contributed by atoms with Crippen LogP contribution in [0, 0.1) is 13.8 Å². The Bertz CT molecular complexity index is 565. The normalized spacial score (nSPS) is 21.0. The lowest BCUT2D eigenvalue weighted by molar-refractivity contribution is -0.183. The predicted octanol–water partition coefficient (Wildman–Crippen LogP) is 1.86. The third-order valence-corrected chi connectivity index (χ3v) is 4.36. The molecule has 0 atom stereocenters. The molecule has 0 saturated carbocycles. The largest absolute Gasteiger partial charge is 0.398 e. The number of hydrogen-bond donors (Lipinski definition) is 1. The van der Waals surface area contributed by atoms with E-state index >= 15 is 0 Å². The van der Waals surface area contributed by atoms with Crippen LogP contribution in [0.25, 0.3) is 0 Å². The van der Waals surface area contributed by atoms with Gasteiger partial charge < -0.3 is 20.1 Å². The molecule has 1 spiro atoms. The minimum atomic E-state index is -0.585. The van der Waals surface area contributed by atoms with Crippen LogP contribution < -0.4 is 5.73 Å². The fourth-order valence-corrected chi connectivity index (χ4v) is 3.16. The van der Waals surface area contributed by atoms with Gasteiger partial charge in [-0.3, -0.25) is 4.79 Å². The zero-order valence-electron chi connectivity index (χ0n) is 12.6. The van der Waals surface area contributed by atoms with Crippen molar-refractivity contribution in [2.24, 2.45) is 0 Å². The van der Waals surface area contributed by atoms with Gasteiger partial charge in [-0.25, -0.2) is 0 Å². The molecule has 21 heavy (non-hydrogen) atoms. The molecule has 2 aliphatic heterocycles. The van der Waals surface area contributed by atoms with Crippen molar-refractivity contribution in [3.8, 4) is 0 Å². The van der Waals surface area contributed by atoms with Crippen molar-refractivity contribution >= 4 is 11.6 Å². The van der Waals surface area contributed by atoms with Crippen LogP contribution in [0.4, 0.5) is 5.69 Å². The number of hydrogen-bond acceptors (Lipinski definition) is 4. The highest BCUT2D eigenvalue weighted by atomic mass is 16.7. The lowest BCUT2D eigenvalue weighted by Crippen LogP contribution is -2.51. The molecule has 114 valence electrons. The Labute approximate surface area is 125 Å². The first-order chi connectivity index (χ1) is 10.0. The highest BCUT2D eigenvalue weighted by Gasteiger charge is 2.42. The second-order valence-electron chi connectivity index (χ2n) is 5.96. The topological polar surface area (TPSA) is 64.8 Å². The summed E-state index contributed by atoms with van der Waals surface area (Å²) < 4.78 is 11.5. The van der Waals surface area contributed by atoms with Crippen molar-refractivity contribution in [2.75, 3.05) is 32.0 Å². The maximum atomic E-state index is 12.8. The maximum Gasteiger partial charge on any atom is 0.254 e. The molecule has 1 amide bonds. The van der Waals surface area contributed by atoms with E-state index in [2.05, 4.69) is 0 Å². The number of anilines is 1. The molecule has 1 aromatic rings. The Morgan fingerprint density at radius 3 is 2.67 bits per heavy atom. The minimum absolute atomic E-state index is 0.0115. The fourth-order valence-electron chi connectivity index (χ4n) is 3.16. The van der Waals surface area contributed by atoms with E-state index in [1.807, 2.05) is 24.8 Å². The molecule has 0 bridgehead atoms. The summed E-state index contributed by atoms with van der Waals surface area (Å²) >= 11 is 0. The number of ether oxygens (including phenoxy) is 2. The number of carbonyl (C=O) groups is 1. The second-order valence-corrected chi connectivity index (χ2v) is 5.96. The first-order valence-corrected chi connectivity index (χ1v) is 7.45. The molecule has 2 aliphatic rings. The highest BCUT2D eigenvalue weighted by Crippen LogP contribution is 2.31. The molecule has 5 nitrogen and oxygen atoms in total. The van der Waals surface area contributed by atoms with Crippen molar-refractivity contribution in [3.05, 3.63) is 28.8 Å². The Balaban J connectivity index is 1.83. The van der Waals surface area contributed by atoms with Gasteiger partial charge in [-0.2, -0.15) is 0 Å². The van der Waals surface area contributed by atoms with E-state index in [1.165, 1.54) is 0 Å². The van der Waals surface area contributed by atoms with Crippen LogP contribution in [-0.4, -0.2) is 42.9 Å². The molecule has 2 fully saturated rings. The molecular weight excluding hydrogens is 268 g/mol. The SMILES string of the molecule is Cc1cc(C)c(C(=O)N2CCCC3(C2)OCCO3)cc1N. The summed E-state index contributed by atoms with van der Waals surface area (Å²) in [6, 6.07) is 3.75. The van der Waals surface area contributed by atoms with Crippen LogP contribution in [0.3, 0.4) is 0 Å². The molecule has 2 N–H and O–H groups in total. The molecule has 0 radical (unpaired) electrons. The van der Waals surface area contributed by atoms with E-state index < -0.39 is 5.79 Å². The average molecular weight is 290 g/mol. The van der Waals surface area contributed by atoms with E-state index in [1.54, 1.807) is 6.07 Å². The number of likely N-dealkylation sites (tertiary alicyclic amines) is 1. The molecule has 5 heteroatoms. The summed E-state index contributed by atoms with van der Waals surface area (Å²) in [5.41, 5.74) is 9.24. The van der Waals surface area contributed by atoms with E-state index in [0.717, 1.165) is 30.5 Å². The van der Waals surface area contributed by atoms with Gasteiger partial charge in [0.05, 0.1) is 19.8 Å². The number of carbonyl (C=O) groups excluding carboxylic acids is 1. The number of nitrogens with two attached hydrogens (primary N) is 1. The summed E-state index contributed by atoms with van der Waals surface area (Å²) in [4.78, 5) is 14.6. The summed E-state index contributed by atoms with van der Waals surface area (Å²) in [5.74, 6) is -0.574. The predicted molar refractivity (Wildman–Crippen MR) is 80.1 cm³/mol. The van der Waals surface area contributed by atoms with Gasteiger partial charge in [0, 0.05) is 24.2 Å². The number of benzene rings is 1. The van der Waals surface area contributed by atoms with Gasteiger partial charge in [-0.1, -0.05) is 6.07 Å². The summed E-state index contributed by atoms with van der Waals surface area (Å²) in [6.07, 6.45) is 1.75. The van der Waals surface area contributed by atoms with Crippen LogP contribution >= 0.6 is 0 Å². The van der Waals surface area contributed by atoms with Gasteiger partial charge in [0.2, 0.25) is 0 Å². The first kappa shape index (κ1) is 14.4. The molecule has 0 unspecified atom stereocenters. The quantitative estimate of drug-likeness (QED) is 0.802. The highest BCUT2D eigenvalue weighted by molar-refractivity contribution is 5.96. The maximum absolute atomic E-state index is 12.8.